The number of hydrogen-bond donors (Lipinski definition) is 1. The van der Waals surface area contributed by atoms with Crippen LogP contribution in [0, 0.1) is 6.92 Å². The molecule has 0 aliphatic carbocycles. The largest absolute Gasteiger partial charge is 0.492 e. The van der Waals surface area contributed by atoms with Crippen molar-refractivity contribution in [3.8, 4) is 5.75 Å². The maximum absolute atomic E-state index is 12.6. The average Bonchev–Trinajstić information content (AvgIpc) is 2.83. The molecule has 0 aliphatic heterocycles. The lowest BCUT2D eigenvalue weighted by molar-refractivity contribution is -0.137. The minimum absolute atomic E-state index is 0.0451. The lowest BCUT2D eigenvalue weighted by Gasteiger charge is -2.10. The second kappa shape index (κ2) is 6.35. The Kier molecular flexibility index (Phi) is 4.70. The number of carbonyl (C=O) groups excluding carboxylic acids is 1. The Hall–Kier alpha value is -2.09. The highest BCUT2D eigenvalue weighted by atomic mass is 32.1. The quantitative estimate of drug-likeness (QED) is 0.917. The summed E-state index contributed by atoms with van der Waals surface area (Å²) in [7, 11) is 0. The van der Waals surface area contributed by atoms with Crippen molar-refractivity contribution in [1.82, 2.24) is 4.98 Å². The number of para-hydroxylation sites is 2. The zero-order valence-corrected chi connectivity index (χ0v) is 12.6. The third-order valence-corrected chi connectivity index (χ3v) is 3.88. The predicted molar refractivity (Wildman–Crippen MR) is 77.4 cm³/mol. The van der Waals surface area contributed by atoms with E-state index in [1.807, 2.05) is 0 Å². The van der Waals surface area contributed by atoms with Gasteiger partial charge in [0.05, 0.1) is 18.0 Å². The number of hydrogen-bond acceptors (Lipinski definition) is 4. The van der Waals surface area contributed by atoms with Gasteiger partial charge < -0.3 is 10.1 Å². The second-order valence-corrected chi connectivity index (χ2v) is 5.31. The summed E-state index contributed by atoms with van der Waals surface area (Å²) < 4.78 is 43.3. The molecule has 8 heteroatoms. The summed E-state index contributed by atoms with van der Waals surface area (Å²) in [6.07, 6.45) is -4.56. The lowest BCUT2D eigenvalue weighted by Crippen LogP contribution is -2.12. The average molecular weight is 330 g/mol. The van der Waals surface area contributed by atoms with Crippen LogP contribution in [0.4, 0.5) is 18.9 Å². The Bertz CT molecular complexity index is 683. The first-order chi connectivity index (χ1) is 10.3. The van der Waals surface area contributed by atoms with Crippen LogP contribution in [0.25, 0.3) is 0 Å². The van der Waals surface area contributed by atoms with Gasteiger partial charge in [0.15, 0.2) is 5.01 Å². The smallest absolute Gasteiger partial charge is 0.443 e. The summed E-state index contributed by atoms with van der Waals surface area (Å²) in [4.78, 5) is 15.5. The fourth-order valence-electron chi connectivity index (χ4n) is 1.76. The number of alkyl halides is 3. The van der Waals surface area contributed by atoms with Crippen molar-refractivity contribution in [2.75, 3.05) is 11.9 Å². The normalized spacial score (nSPS) is 11.3. The molecule has 0 fully saturated rings. The molecule has 118 valence electrons. The molecule has 1 aromatic carbocycles. The summed E-state index contributed by atoms with van der Waals surface area (Å²) in [5, 5.41) is 1.52. The van der Waals surface area contributed by atoms with Gasteiger partial charge in [0.2, 0.25) is 0 Å². The van der Waals surface area contributed by atoms with Gasteiger partial charge in [-0.3, -0.25) is 4.79 Å². The standard InChI is InChI=1S/C14H13F3N2O2S/c1-3-21-10-7-5-4-6-9(10)19-12(20)11-8(2)18-13(22-11)14(15,16)17/h4-7H,3H2,1-2H3,(H,19,20). The van der Waals surface area contributed by atoms with Crippen LogP contribution in [0.3, 0.4) is 0 Å². The maximum atomic E-state index is 12.6. The van der Waals surface area contributed by atoms with Crippen LogP contribution < -0.4 is 10.1 Å². The van der Waals surface area contributed by atoms with Crippen molar-refractivity contribution in [1.29, 1.82) is 0 Å². The zero-order chi connectivity index (χ0) is 16.3. The molecule has 2 rings (SSSR count). The highest BCUT2D eigenvalue weighted by Crippen LogP contribution is 2.34. The monoisotopic (exact) mass is 330 g/mol. The summed E-state index contributed by atoms with van der Waals surface area (Å²) >= 11 is 0.324. The van der Waals surface area contributed by atoms with E-state index in [1.165, 1.54) is 6.92 Å². The van der Waals surface area contributed by atoms with Gasteiger partial charge in [-0.25, -0.2) is 4.98 Å². The molecule has 1 heterocycles. The fraction of sp³-hybridized carbons (Fsp3) is 0.286. The predicted octanol–water partition coefficient (Wildman–Crippen LogP) is 4.12. The summed E-state index contributed by atoms with van der Waals surface area (Å²) in [5.41, 5.74) is 0.444. The molecule has 0 atom stereocenters. The molecule has 0 aliphatic rings. The van der Waals surface area contributed by atoms with Crippen LogP contribution in [0.5, 0.6) is 5.75 Å². The van der Waals surface area contributed by atoms with Crippen molar-refractivity contribution in [3.05, 3.63) is 39.8 Å². The third kappa shape index (κ3) is 3.56. The Balaban J connectivity index is 2.25. The number of anilines is 1. The molecular weight excluding hydrogens is 317 g/mol. The molecule has 0 spiro atoms. The number of rotatable bonds is 4. The number of thiazole rings is 1. The van der Waals surface area contributed by atoms with E-state index in [4.69, 9.17) is 4.74 Å². The van der Waals surface area contributed by atoms with Gasteiger partial charge in [-0.05, 0) is 26.0 Å². The highest BCUT2D eigenvalue weighted by Gasteiger charge is 2.36. The number of carbonyl (C=O) groups is 1. The van der Waals surface area contributed by atoms with E-state index < -0.39 is 17.1 Å². The van der Waals surface area contributed by atoms with Gasteiger partial charge in [0, 0.05) is 0 Å². The summed E-state index contributed by atoms with van der Waals surface area (Å²) in [6.45, 7) is 3.57. The summed E-state index contributed by atoms with van der Waals surface area (Å²) in [5.74, 6) is -0.186. The molecule has 0 saturated heterocycles. The van der Waals surface area contributed by atoms with Crippen molar-refractivity contribution in [2.45, 2.75) is 20.0 Å². The molecule has 1 N–H and O–H groups in total. The molecule has 1 aromatic heterocycles. The number of amides is 1. The minimum atomic E-state index is -4.56. The number of ether oxygens (including phenoxy) is 1. The number of aryl methyl sites for hydroxylation is 1. The zero-order valence-electron chi connectivity index (χ0n) is 11.8. The lowest BCUT2D eigenvalue weighted by atomic mass is 10.2. The first-order valence-electron chi connectivity index (χ1n) is 6.40. The van der Waals surface area contributed by atoms with Gasteiger partial charge in [0.1, 0.15) is 10.6 Å². The van der Waals surface area contributed by atoms with Gasteiger partial charge in [-0.15, -0.1) is 11.3 Å². The van der Waals surface area contributed by atoms with Crippen LogP contribution in [0.1, 0.15) is 27.3 Å². The Labute approximate surface area is 128 Å². The van der Waals surface area contributed by atoms with E-state index in [9.17, 15) is 18.0 Å². The van der Waals surface area contributed by atoms with Crippen molar-refractivity contribution < 1.29 is 22.7 Å². The van der Waals surface area contributed by atoms with Crippen molar-refractivity contribution in [2.24, 2.45) is 0 Å². The Morgan fingerprint density at radius 2 is 2.05 bits per heavy atom. The van der Waals surface area contributed by atoms with Crippen molar-refractivity contribution in [3.63, 3.8) is 0 Å². The molecule has 0 bridgehead atoms. The maximum Gasteiger partial charge on any atom is 0.443 e. The SMILES string of the molecule is CCOc1ccccc1NC(=O)c1sc(C(F)(F)F)nc1C. The Morgan fingerprint density at radius 3 is 2.64 bits per heavy atom. The Morgan fingerprint density at radius 1 is 1.36 bits per heavy atom. The fourth-order valence-corrected chi connectivity index (χ4v) is 2.59. The van der Waals surface area contributed by atoms with Gasteiger partial charge >= 0.3 is 6.18 Å². The number of nitrogens with zero attached hydrogens (tertiary/aromatic N) is 1. The van der Waals surface area contributed by atoms with E-state index >= 15 is 0 Å². The van der Waals surface area contributed by atoms with E-state index in [-0.39, 0.29) is 10.6 Å². The topological polar surface area (TPSA) is 51.2 Å². The van der Waals surface area contributed by atoms with Crippen LogP contribution in [0.2, 0.25) is 0 Å². The minimum Gasteiger partial charge on any atom is -0.492 e. The van der Waals surface area contributed by atoms with Crippen molar-refractivity contribution >= 4 is 22.9 Å². The second-order valence-electron chi connectivity index (χ2n) is 4.31. The molecule has 2 aromatic rings. The van der Waals surface area contributed by atoms with E-state index in [0.29, 0.717) is 29.4 Å². The molecule has 1 amide bonds. The third-order valence-electron chi connectivity index (χ3n) is 2.68. The highest BCUT2D eigenvalue weighted by molar-refractivity contribution is 7.14. The number of benzene rings is 1. The molecular formula is C14H13F3N2O2S. The van der Waals surface area contributed by atoms with E-state index in [0.717, 1.165) is 0 Å². The van der Waals surface area contributed by atoms with E-state index in [1.54, 1.807) is 31.2 Å². The first kappa shape index (κ1) is 16.3. The van der Waals surface area contributed by atoms with E-state index in [2.05, 4.69) is 10.3 Å². The van der Waals surface area contributed by atoms with Crippen LogP contribution in [0.15, 0.2) is 24.3 Å². The number of nitrogens with one attached hydrogen (secondary N) is 1. The number of aromatic nitrogens is 1. The molecule has 0 unspecified atom stereocenters. The van der Waals surface area contributed by atoms with Gasteiger partial charge in [-0.1, -0.05) is 12.1 Å². The van der Waals surface area contributed by atoms with Gasteiger partial charge in [-0.2, -0.15) is 13.2 Å². The molecule has 22 heavy (non-hydrogen) atoms. The van der Waals surface area contributed by atoms with Crippen LogP contribution >= 0.6 is 11.3 Å². The summed E-state index contributed by atoms with van der Waals surface area (Å²) in [6, 6.07) is 6.71. The van der Waals surface area contributed by atoms with Gasteiger partial charge in [0.25, 0.3) is 5.91 Å². The first-order valence-corrected chi connectivity index (χ1v) is 7.22. The number of halogens is 3. The molecule has 4 nitrogen and oxygen atoms in total. The van der Waals surface area contributed by atoms with Crippen LogP contribution in [-0.4, -0.2) is 17.5 Å². The van der Waals surface area contributed by atoms with Crippen LogP contribution in [-0.2, 0) is 6.18 Å². The molecule has 0 saturated carbocycles. The molecule has 0 radical (unpaired) electrons.